The summed E-state index contributed by atoms with van der Waals surface area (Å²) < 4.78 is 21.0. The summed E-state index contributed by atoms with van der Waals surface area (Å²) in [6.45, 7) is 6.48. The van der Waals surface area contributed by atoms with Crippen molar-refractivity contribution in [2.75, 3.05) is 6.61 Å². The van der Waals surface area contributed by atoms with Crippen LogP contribution in [0.3, 0.4) is 0 Å². The summed E-state index contributed by atoms with van der Waals surface area (Å²) in [6, 6.07) is 5.98. The van der Waals surface area contributed by atoms with Gasteiger partial charge in [0.1, 0.15) is 21.9 Å². The van der Waals surface area contributed by atoms with Gasteiger partial charge in [0.05, 0.1) is 12.8 Å². The van der Waals surface area contributed by atoms with Crippen LogP contribution in [0.15, 0.2) is 22.6 Å². The molecule has 0 saturated carbocycles. The van der Waals surface area contributed by atoms with Gasteiger partial charge in [0, 0.05) is 12.0 Å². The summed E-state index contributed by atoms with van der Waals surface area (Å²) in [5.74, 6) is 0.926. The molecule has 0 spiro atoms. The molecule has 1 aliphatic heterocycles. The molecule has 92 valence electrons. The van der Waals surface area contributed by atoms with E-state index in [4.69, 9.17) is 4.74 Å². The van der Waals surface area contributed by atoms with E-state index in [1.54, 1.807) is 6.21 Å². The Morgan fingerprint density at radius 1 is 1.41 bits per heavy atom. The van der Waals surface area contributed by atoms with Crippen molar-refractivity contribution in [3.63, 3.8) is 0 Å². The van der Waals surface area contributed by atoms with Crippen LogP contribution < -0.4 is 4.74 Å². The molecule has 17 heavy (non-hydrogen) atoms. The minimum absolute atomic E-state index is 0.316. The highest BCUT2D eigenvalue weighted by Gasteiger charge is 2.25. The molecule has 1 aromatic carbocycles. The third-order valence-electron chi connectivity index (χ3n) is 2.54. The molecule has 0 aliphatic carbocycles. The maximum absolute atomic E-state index is 11.8. The minimum Gasteiger partial charge on any atom is -0.591 e. The SMILES string of the molecule is CC(C)(C)[S@@+]([O-])N=Cc1ccc2c(c1)OCC2. The Labute approximate surface area is 105 Å². The molecule has 2 rings (SSSR count). The zero-order valence-corrected chi connectivity index (χ0v) is 11.2. The summed E-state index contributed by atoms with van der Waals surface area (Å²) in [4.78, 5) is 0. The first-order chi connectivity index (χ1) is 7.97. The molecule has 0 N–H and O–H groups in total. The molecule has 0 amide bonds. The molecule has 0 unspecified atom stereocenters. The van der Waals surface area contributed by atoms with E-state index in [9.17, 15) is 4.55 Å². The van der Waals surface area contributed by atoms with Crippen molar-refractivity contribution in [1.29, 1.82) is 0 Å². The van der Waals surface area contributed by atoms with E-state index in [-0.39, 0.29) is 4.75 Å². The maximum atomic E-state index is 11.8. The lowest BCUT2D eigenvalue weighted by Crippen LogP contribution is -2.25. The lowest BCUT2D eigenvalue weighted by Gasteiger charge is -2.17. The highest BCUT2D eigenvalue weighted by Crippen LogP contribution is 2.25. The molecule has 1 aromatic rings. The predicted molar refractivity (Wildman–Crippen MR) is 71.1 cm³/mol. The number of benzene rings is 1. The summed E-state index contributed by atoms with van der Waals surface area (Å²) in [5, 5.41) is 0. The van der Waals surface area contributed by atoms with E-state index >= 15 is 0 Å². The monoisotopic (exact) mass is 251 g/mol. The smallest absolute Gasteiger partial charge is 0.144 e. The van der Waals surface area contributed by atoms with Crippen LogP contribution in [0.5, 0.6) is 5.75 Å². The number of hydrogen-bond acceptors (Lipinski definition) is 3. The van der Waals surface area contributed by atoms with Crippen molar-refractivity contribution in [3.05, 3.63) is 29.3 Å². The number of fused-ring (bicyclic) bond motifs is 1. The van der Waals surface area contributed by atoms with Crippen LogP contribution in [0.25, 0.3) is 0 Å². The molecular formula is C13H17NO2S. The molecule has 3 nitrogen and oxygen atoms in total. The highest BCUT2D eigenvalue weighted by molar-refractivity contribution is 7.91. The third kappa shape index (κ3) is 3.01. The fraction of sp³-hybridized carbons (Fsp3) is 0.462. The first-order valence-corrected chi connectivity index (χ1v) is 6.79. The van der Waals surface area contributed by atoms with Crippen molar-refractivity contribution in [1.82, 2.24) is 0 Å². The van der Waals surface area contributed by atoms with Gasteiger partial charge in [0.15, 0.2) is 0 Å². The molecule has 0 aromatic heterocycles. The molecule has 0 bridgehead atoms. The average Bonchev–Trinajstić information content (AvgIpc) is 2.71. The van der Waals surface area contributed by atoms with Crippen molar-refractivity contribution < 1.29 is 9.29 Å². The summed E-state index contributed by atoms with van der Waals surface area (Å²) in [5.41, 5.74) is 2.17. The Balaban J connectivity index is 2.12. The van der Waals surface area contributed by atoms with Gasteiger partial charge in [-0.1, -0.05) is 16.5 Å². The lowest BCUT2D eigenvalue weighted by molar-refractivity contribution is 0.357. The van der Waals surface area contributed by atoms with Crippen molar-refractivity contribution in [2.24, 2.45) is 4.40 Å². The van der Waals surface area contributed by atoms with Crippen LogP contribution in [0.2, 0.25) is 0 Å². The van der Waals surface area contributed by atoms with E-state index in [0.29, 0.717) is 0 Å². The largest absolute Gasteiger partial charge is 0.591 e. The van der Waals surface area contributed by atoms with Gasteiger partial charge >= 0.3 is 0 Å². The van der Waals surface area contributed by atoms with Crippen LogP contribution in [0.4, 0.5) is 0 Å². The van der Waals surface area contributed by atoms with Crippen LogP contribution in [-0.2, 0) is 17.8 Å². The Kier molecular flexibility index (Phi) is 3.45. The number of ether oxygens (including phenoxy) is 1. The minimum atomic E-state index is -1.21. The van der Waals surface area contributed by atoms with Crippen LogP contribution in [0, 0.1) is 0 Å². The normalized spacial score (nSPS) is 16.9. The standard InChI is InChI=1S/C13H17NO2S/c1-13(2,3)17(15)14-9-10-4-5-11-6-7-16-12(11)8-10/h4-5,8-9H,6-7H2,1-3H3/t17-/m1/s1. The second-order valence-electron chi connectivity index (χ2n) is 5.06. The molecule has 0 fully saturated rings. The Bertz CT molecular complexity index is 438. The summed E-state index contributed by atoms with van der Waals surface area (Å²) in [7, 11) is 0. The van der Waals surface area contributed by atoms with Gasteiger partial charge in [-0.2, -0.15) is 0 Å². The molecule has 0 radical (unpaired) electrons. The van der Waals surface area contributed by atoms with E-state index < -0.39 is 11.4 Å². The summed E-state index contributed by atoms with van der Waals surface area (Å²) in [6.07, 6.45) is 2.63. The van der Waals surface area contributed by atoms with E-state index in [0.717, 1.165) is 24.3 Å². The van der Waals surface area contributed by atoms with Gasteiger partial charge in [0.2, 0.25) is 0 Å². The van der Waals surface area contributed by atoms with Crippen molar-refractivity contribution in [2.45, 2.75) is 31.9 Å². The molecule has 4 heteroatoms. The van der Waals surface area contributed by atoms with Gasteiger partial charge in [0.25, 0.3) is 0 Å². The van der Waals surface area contributed by atoms with Gasteiger partial charge in [-0.25, -0.2) is 0 Å². The Morgan fingerprint density at radius 2 is 2.18 bits per heavy atom. The molecular weight excluding hydrogens is 234 g/mol. The molecule has 1 heterocycles. The number of hydrogen-bond donors (Lipinski definition) is 0. The number of nitrogens with zero attached hydrogens (tertiary/aromatic N) is 1. The fourth-order valence-corrected chi connectivity index (χ4v) is 2.06. The van der Waals surface area contributed by atoms with E-state index in [1.807, 2.05) is 39.0 Å². The Hall–Kier alpha value is -1.00. The Morgan fingerprint density at radius 3 is 2.88 bits per heavy atom. The zero-order chi connectivity index (χ0) is 12.5. The molecule has 0 saturated heterocycles. The maximum Gasteiger partial charge on any atom is 0.144 e. The number of rotatable bonds is 2. The van der Waals surface area contributed by atoms with E-state index in [2.05, 4.69) is 4.40 Å². The van der Waals surface area contributed by atoms with Crippen molar-refractivity contribution >= 4 is 17.6 Å². The van der Waals surface area contributed by atoms with Gasteiger partial charge < -0.3 is 9.29 Å². The first kappa shape index (κ1) is 12.5. The van der Waals surface area contributed by atoms with Crippen LogP contribution in [-0.4, -0.2) is 22.1 Å². The first-order valence-electron chi connectivity index (χ1n) is 5.68. The van der Waals surface area contributed by atoms with Gasteiger partial charge in [-0.3, -0.25) is 0 Å². The predicted octanol–water partition coefficient (Wildman–Crippen LogP) is 2.50. The quantitative estimate of drug-likeness (QED) is 0.599. The second-order valence-corrected chi connectivity index (χ2v) is 7.00. The van der Waals surface area contributed by atoms with Gasteiger partial charge in [-0.05, 0) is 32.4 Å². The fourth-order valence-electron chi connectivity index (χ4n) is 1.53. The van der Waals surface area contributed by atoms with Crippen molar-refractivity contribution in [3.8, 4) is 5.75 Å². The zero-order valence-electron chi connectivity index (χ0n) is 10.4. The van der Waals surface area contributed by atoms with Crippen LogP contribution in [0.1, 0.15) is 31.9 Å². The summed E-state index contributed by atoms with van der Waals surface area (Å²) >= 11 is -1.21. The lowest BCUT2D eigenvalue weighted by atomic mass is 10.1. The second kappa shape index (κ2) is 4.70. The molecule has 1 atom stereocenters. The average molecular weight is 251 g/mol. The molecule has 1 aliphatic rings. The van der Waals surface area contributed by atoms with Crippen LogP contribution >= 0.6 is 0 Å². The van der Waals surface area contributed by atoms with E-state index in [1.165, 1.54) is 5.56 Å². The highest BCUT2D eigenvalue weighted by atomic mass is 32.2. The third-order valence-corrected chi connectivity index (χ3v) is 3.89. The topological polar surface area (TPSA) is 44.7 Å². The van der Waals surface area contributed by atoms with Gasteiger partial charge in [-0.15, -0.1) is 0 Å².